The summed E-state index contributed by atoms with van der Waals surface area (Å²) in [5, 5.41) is 9.63. The number of aliphatic carboxylic acids is 1. The van der Waals surface area contributed by atoms with Crippen LogP contribution in [0.4, 0.5) is 0 Å². The molecule has 8 nitrogen and oxygen atoms in total. The van der Waals surface area contributed by atoms with Gasteiger partial charge in [0.05, 0.1) is 34.4 Å². The Morgan fingerprint density at radius 3 is 1.32 bits per heavy atom. The van der Waals surface area contributed by atoms with Crippen LogP contribution < -0.4 is 0 Å². The molecule has 0 aromatic heterocycles. The van der Waals surface area contributed by atoms with Gasteiger partial charge in [-0.15, -0.1) is 0 Å². The van der Waals surface area contributed by atoms with Gasteiger partial charge in [-0.3, -0.25) is 9.59 Å². The molecule has 0 aromatic rings. The van der Waals surface area contributed by atoms with Crippen LogP contribution in [0, 0.1) is 0 Å². The van der Waals surface area contributed by atoms with E-state index < -0.39 is 18.1 Å². The summed E-state index contributed by atoms with van der Waals surface area (Å²) < 4.78 is 17.2. The van der Waals surface area contributed by atoms with Crippen molar-refractivity contribution in [2.24, 2.45) is 0 Å². The smallest absolute Gasteiger partial charge is 0.362 e. The van der Waals surface area contributed by atoms with Crippen LogP contribution in [0.3, 0.4) is 0 Å². The second-order valence-electron chi connectivity index (χ2n) is 15.5. The van der Waals surface area contributed by atoms with E-state index >= 15 is 0 Å². The number of hydrogen-bond donors (Lipinski definition) is 1. The number of allylic oxidation sites excluding steroid dienone is 20. The van der Waals surface area contributed by atoms with Crippen LogP contribution in [0.1, 0.15) is 136 Å². The van der Waals surface area contributed by atoms with Gasteiger partial charge >= 0.3 is 17.9 Å². The van der Waals surface area contributed by atoms with Gasteiger partial charge < -0.3 is 23.8 Å². The van der Waals surface area contributed by atoms with Crippen LogP contribution >= 0.6 is 0 Å². The van der Waals surface area contributed by atoms with E-state index in [0.717, 1.165) is 89.9 Å². The number of nitrogens with zero attached hydrogens (tertiary/aromatic N) is 1. The lowest BCUT2D eigenvalue weighted by Crippen LogP contribution is -2.50. The molecule has 60 heavy (non-hydrogen) atoms. The Labute approximate surface area is 365 Å². The van der Waals surface area contributed by atoms with Crippen LogP contribution in [0.15, 0.2) is 122 Å². The SMILES string of the molecule is CC/C=C\C/C=C\C/C=C\C/C=C\C/C=C\CCCCCC(=O)OC(COCCC(C(=O)O)[N+](C)(C)C)COC(=O)CCC/C=C\C/C=C\C/C=C\C/C=C\C/C=C\CC. The molecule has 0 radical (unpaired) electrons. The molecule has 0 aliphatic heterocycles. The molecule has 0 amide bonds. The van der Waals surface area contributed by atoms with E-state index in [0.29, 0.717) is 19.3 Å². The van der Waals surface area contributed by atoms with Crippen molar-refractivity contribution < 1.29 is 38.2 Å². The van der Waals surface area contributed by atoms with Crippen molar-refractivity contribution in [1.29, 1.82) is 0 Å². The van der Waals surface area contributed by atoms with E-state index in [1.54, 1.807) is 0 Å². The van der Waals surface area contributed by atoms with E-state index in [1.807, 2.05) is 21.1 Å². The minimum atomic E-state index is -0.895. The average Bonchev–Trinajstić information content (AvgIpc) is 3.21. The van der Waals surface area contributed by atoms with Gasteiger partial charge in [0.25, 0.3) is 0 Å². The Bertz CT molecular complexity index is 1390. The Kier molecular flexibility index (Phi) is 38.5. The number of rotatable bonds is 38. The molecular weight excluding hydrogens is 751 g/mol. The highest BCUT2D eigenvalue weighted by Gasteiger charge is 2.31. The van der Waals surface area contributed by atoms with E-state index in [2.05, 4.69) is 135 Å². The predicted octanol–water partition coefficient (Wildman–Crippen LogP) is 12.6. The second-order valence-corrected chi connectivity index (χ2v) is 15.5. The summed E-state index contributed by atoms with van der Waals surface area (Å²) in [6.07, 6.45) is 58.2. The number of likely N-dealkylation sites (N-methyl/N-ethyl adjacent to an activating group) is 1. The first-order valence-electron chi connectivity index (χ1n) is 22.6. The molecule has 0 rings (SSSR count). The number of unbranched alkanes of at least 4 members (excludes halogenated alkanes) is 4. The predicted molar refractivity (Wildman–Crippen MR) is 252 cm³/mol. The van der Waals surface area contributed by atoms with Gasteiger partial charge in [-0.05, 0) is 96.3 Å². The number of quaternary nitrogens is 1. The van der Waals surface area contributed by atoms with Crippen molar-refractivity contribution >= 4 is 17.9 Å². The molecular formula is C52H82NO7+. The standard InChI is InChI=1S/C52H81NO7/c1-6-8-10-12-14-16-18-20-22-24-25-27-29-31-33-35-37-39-41-43-51(55)60-48(46-58-45-44-49(52(56)57)53(3,4)5)47-59-50(54)42-40-38-36-34-32-30-28-26-23-21-19-17-15-13-11-9-7-2/h8-11,14-17,20-23,25,27-28,30-31,33-34,36,48-49H,6-7,12-13,18-19,24,26,29,32,35,37-47H2,1-5H3/p+1/b10-8-,11-9-,16-14-,17-15-,22-20-,23-21-,27-25-,30-28-,33-31-,36-34-. The van der Waals surface area contributed by atoms with Crippen molar-refractivity contribution in [3.8, 4) is 0 Å². The molecule has 0 aliphatic rings. The van der Waals surface area contributed by atoms with Gasteiger partial charge in [0.2, 0.25) is 0 Å². The van der Waals surface area contributed by atoms with E-state index in [4.69, 9.17) is 14.2 Å². The lowest BCUT2D eigenvalue weighted by atomic mass is 10.1. The normalized spacial score (nSPS) is 14.1. The third kappa shape index (κ3) is 39.2. The van der Waals surface area contributed by atoms with Crippen molar-refractivity contribution in [2.75, 3.05) is 41.0 Å². The summed E-state index contributed by atoms with van der Waals surface area (Å²) in [5.41, 5.74) is 0. The number of esters is 2. The van der Waals surface area contributed by atoms with E-state index in [9.17, 15) is 19.5 Å². The fraction of sp³-hybridized carbons (Fsp3) is 0.558. The Hall–Kier alpha value is -4.27. The zero-order valence-electron chi connectivity index (χ0n) is 38.1. The topological polar surface area (TPSA) is 99.1 Å². The summed E-state index contributed by atoms with van der Waals surface area (Å²) in [6, 6.07) is -0.638. The number of carboxylic acid groups (broad SMARTS) is 1. The molecule has 2 unspecified atom stereocenters. The summed E-state index contributed by atoms with van der Waals surface area (Å²) in [7, 11) is 5.48. The number of ether oxygens (including phenoxy) is 3. The van der Waals surface area contributed by atoms with Crippen LogP contribution in [0.2, 0.25) is 0 Å². The van der Waals surface area contributed by atoms with Gasteiger partial charge in [-0.1, -0.05) is 142 Å². The first kappa shape index (κ1) is 55.7. The van der Waals surface area contributed by atoms with Gasteiger partial charge in [0, 0.05) is 19.3 Å². The number of hydrogen-bond acceptors (Lipinski definition) is 6. The zero-order valence-corrected chi connectivity index (χ0v) is 38.1. The third-order valence-corrected chi connectivity index (χ3v) is 9.11. The third-order valence-electron chi connectivity index (χ3n) is 9.11. The second kappa shape index (κ2) is 41.5. The van der Waals surface area contributed by atoms with Crippen molar-refractivity contribution in [3.05, 3.63) is 122 Å². The molecule has 0 bridgehead atoms. The van der Waals surface area contributed by atoms with E-state index in [-0.39, 0.29) is 49.1 Å². The molecule has 1 N–H and O–H groups in total. The zero-order chi connectivity index (χ0) is 44.2. The van der Waals surface area contributed by atoms with Gasteiger partial charge in [0.15, 0.2) is 12.1 Å². The highest BCUT2D eigenvalue weighted by atomic mass is 16.6. The Morgan fingerprint density at radius 1 is 0.500 bits per heavy atom. The molecule has 336 valence electrons. The van der Waals surface area contributed by atoms with Crippen molar-refractivity contribution in [1.82, 2.24) is 0 Å². The fourth-order valence-corrected chi connectivity index (χ4v) is 5.68. The summed E-state index contributed by atoms with van der Waals surface area (Å²) in [5.74, 6) is -1.61. The maximum atomic E-state index is 12.7. The molecule has 0 saturated carbocycles. The Balaban J connectivity index is 4.52. The Morgan fingerprint density at radius 2 is 0.900 bits per heavy atom. The lowest BCUT2D eigenvalue weighted by Gasteiger charge is -2.31. The number of carboxylic acids is 1. The maximum absolute atomic E-state index is 12.7. The highest BCUT2D eigenvalue weighted by molar-refractivity contribution is 5.72. The minimum Gasteiger partial charge on any atom is -0.477 e. The molecule has 0 fully saturated rings. The summed E-state index contributed by atoms with van der Waals surface area (Å²) >= 11 is 0. The first-order chi connectivity index (χ1) is 29.1. The van der Waals surface area contributed by atoms with Gasteiger partial charge in [-0.2, -0.15) is 0 Å². The van der Waals surface area contributed by atoms with Crippen molar-refractivity contribution in [3.63, 3.8) is 0 Å². The molecule has 0 aliphatic carbocycles. The number of carbonyl (C=O) groups excluding carboxylic acids is 2. The molecule has 0 heterocycles. The molecule has 8 heteroatoms. The first-order valence-corrected chi connectivity index (χ1v) is 22.6. The minimum absolute atomic E-state index is 0.0204. The lowest BCUT2D eigenvalue weighted by molar-refractivity contribution is -0.887. The quantitative estimate of drug-likeness (QED) is 0.0286. The largest absolute Gasteiger partial charge is 0.477 e. The average molecular weight is 833 g/mol. The van der Waals surface area contributed by atoms with Crippen LogP contribution in [-0.2, 0) is 28.6 Å². The summed E-state index contributed by atoms with van der Waals surface area (Å²) in [4.78, 5) is 37.0. The van der Waals surface area contributed by atoms with Crippen LogP contribution in [-0.4, -0.2) is 80.6 Å². The van der Waals surface area contributed by atoms with E-state index in [1.165, 1.54) is 0 Å². The van der Waals surface area contributed by atoms with Gasteiger partial charge in [-0.25, -0.2) is 4.79 Å². The van der Waals surface area contributed by atoms with Crippen molar-refractivity contribution in [2.45, 2.75) is 148 Å². The molecule has 0 aromatic carbocycles. The highest BCUT2D eigenvalue weighted by Crippen LogP contribution is 2.11. The molecule has 0 saturated heterocycles. The number of carbonyl (C=O) groups is 3. The van der Waals surface area contributed by atoms with Crippen LogP contribution in [0.5, 0.6) is 0 Å². The monoisotopic (exact) mass is 833 g/mol. The maximum Gasteiger partial charge on any atom is 0.362 e. The summed E-state index contributed by atoms with van der Waals surface area (Å²) in [6.45, 7) is 4.38. The fourth-order valence-electron chi connectivity index (χ4n) is 5.68. The van der Waals surface area contributed by atoms with Gasteiger partial charge in [0.1, 0.15) is 6.61 Å². The molecule has 2 atom stereocenters. The van der Waals surface area contributed by atoms with Crippen LogP contribution in [0.25, 0.3) is 0 Å². The molecule has 0 spiro atoms.